The number of hydrogen-bond acceptors (Lipinski definition) is 1. The van der Waals surface area contributed by atoms with E-state index in [1.165, 1.54) is 5.69 Å². The molecule has 68 valence electrons. The molecule has 0 N–H and O–H groups in total. The maximum atomic E-state index is 5.87. The molecule has 2 aromatic rings. The second-order valence-corrected chi connectivity index (χ2v) is 3.51. The van der Waals surface area contributed by atoms with Crippen molar-refractivity contribution in [2.75, 3.05) is 0 Å². The molecule has 0 aromatic carbocycles. The van der Waals surface area contributed by atoms with Gasteiger partial charge in [-0.3, -0.25) is 0 Å². The summed E-state index contributed by atoms with van der Waals surface area (Å²) in [7, 11) is 0. The minimum absolute atomic E-state index is 0.736. The zero-order valence-electron chi connectivity index (χ0n) is 7.71. The molecule has 2 aromatic heterocycles. The molecule has 2 nitrogen and oxygen atoms in total. The van der Waals surface area contributed by atoms with Crippen molar-refractivity contribution in [3.63, 3.8) is 0 Å². The van der Waals surface area contributed by atoms with E-state index in [0.29, 0.717) is 0 Å². The van der Waals surface area contributed by atoms with Gasteiger partial charge in [0.1, 0.15) is 5.65 Å². The third-order valence-electron chi connectivity index (χ3n) is 2.26. The van der Waals surface area contributed by atoms with E-state index in [-0.39, 0.29) is 0 Å². The van der Waals surface area contributed by atoms with Gasteiger partial charge in [0.25, 0.3) is 0 Å². The lowest BCUT2D eigenvalue weighted by Crippen LogP contribution is -1.87. The van der Waals surface area contributed by atoms with Crippen molar-refractivity contribution in [1.29, 1.82) is 0 Å². The lowest BCUT2D eigenvalue weighted by atomic mass is 10.3. The Morgan fingerprint density at radius 2 is 2.31 bits per heavy atom. The number of rotatable bonds is 1. The summed E-state index contributed by atoms with van der Waals surface area (Å²) >= 11 is 5.87. The highest BCUT2D eigenvalue weighted by Crippen LogP contribution is 2.16. The lowest BCUT2D eigenvalue weighted by Gasteiger charge is -1.95. The molecule has 0 radical (unpaired) electrons. The highest BCUT2D eigenvalue weighted by atomic mass is 35.5. The number of fused-ring (bicyclic) bond motifs is 1. The van der Waals surface area contributed by atoms with Gasteiger partial charge < -0.3 is 4.40 Å². The van der Waals surface area contributed by atoms with Crippen LogP contribution in [0, 0.1) is 6.92 Å². The first-order valence-corrected chi connectivity index (χ1v) is 4.73. The second-order valence-electron chi connectivity index (χ2n) is 3.07. The van der Waals surface area contributed by atoms with E-state index in [9.17, 15) is 0 Å². The minimum atomic E-state index is 0.736. The van der Waals surface area contributed by atoms with Crippen LogP contribution >= 0.6 is 11.6 Å². The van der Waals surface area contributed by atoms with Crippen molar-refractivity contribution in [3.05, 3.63) is 34.7 Å². The van der Waals surface area contributed by atoms with Crippen LogP contribution in [0.25, 0.3) is 5.65 Å². The van der Waals surface area contributed by atoms with E-state index < -0.39 is 0 Å². The van der Waals surface area contributed by atoms with Gasteiger partial charge in [0, 0.05) is 23.0 Å². The smallest absolute Gasteiger partial charge is 0.138 e. The van der Waals surface area contributed by atoms with E-state index in [2.05, 4.69) is 23.2 Å². The van der Waals surface area contributed by atoms with Crippen LogP contribution in [0.3, 0.4) is 0 Å². The molecule has 0 atom stereocenters. The summed E-state index contributed by atoms with van der Waals surface area (Å²) in [5, 5.41) is 0.736. The Morgan fingerprint density at radius 3 is 3.00 bits per heavy atom. The van der Waals surface area contributed by atoms with E-state index in [1.807, 2.05) is 18.3 Å². The van der Waals surface area contributed by atoms with Crippen molar-refractivity contribution in [3.8, 4) is 0 Å². The zero-order chi connectivity index (χ0) is 9.42. The molecule has 0 aliphatic carbocycles. The number of aromatic nitrogens is 2. The summed E-state index contributed by atoms with van der Waals surface area (Å²) < 4.78 is 2.06. The fourth-order valence-corrected chi connectivity index (χ4v) is 1.68. The Balaban J connectivity index is 2.76. The van der Waals surface area contributed by atoms with Crippen LogP contribution in [0.1, 0.15) is 18.3 Å². The quantitative estimate of drug-likeness (QED) is 0.683. The number of nitrogens with zero attached hydrogens (tertiary/aromatic N) is 2. The van der Waals surface area contributed by atoms with E-state index in [4.69, 9.17) is 11.6 Å². The van der Waals surface area contributed by atoms with E-state index in [0.717, 1.165) is 22.8 Å². The average molecular weight is 195 g/mol. The van der Waals surface area contributed by atoms with Gasteiger partial charge in [-0.05, 0) is 19.4 Å². The topological polar surface area (TPSA) is 17.3 Å². The Bertz CT molecular complexity index is 445. The van der Waals surface area contributed by atoms with E-state index >= 15 is 0 Å². The van der Waals surface area contributed by atoms with Crippen LogP contribution in [0.5, 0.6) is 0 Å². The molecule has 0 saturated carbocycles. The van der Waals surface area contributed by atoms with Gasteiger partial charge in [-0.2, -0.15) is 0 Å². The van der Waals surface area contributed by atoms with Crippen LogP contribution in [-0.4, -0.2) is 9.38 Å². The molecule has 0 aliphatic heterocycles. The van der Waals surface area contributed by atoms with Gasteiger partial charge in [-0.1, -0.05) is 18.5 Å². The van der Waals surface area contributed by atoms with Crippen LogP contribution in [0.2, 0.25) is 5.02 Å². The van der Waals surface area contributed by atoms with Crippen LogP contribution < -0.4 is 0 Å². The minimum Gasteiger partial charge on any atom is -0.304 e. The van der Waals surface area contributed by atoms with Crippen LogP contribution in [-0.2, 0) is 6.42 Å². The number of pyridine rings is 1. The lowest BCUT2D eigenvalue weighted by molar-refractivity contribution is 1.02. The molecular weight excluding hydrogens is 184 g/mol. The molecule has 0 fully saturated rings. The monoisotopic (exact) mass is 194 g/mol. The molecule has 13 heavy (non-hydrogen) atoms. The summed E-state index contributed by atoms with van der Waals surface area (Å²) in [4.78, 5) is 4.47. The molecular formula is C10H11ClN2. The van der Waals surface area contributed by atoms with Gasteiger partial charge in [0.15, 0.2) is 0 Å². The number of aryl methyl sites for hydroxylation is 2. The predicted molar refractivity (Wildman–Crippen MR) is 54.3 cm³/mol. The maximum Gasteiger partial charge on any atom is 0.138 e. The predicted octanol–water partition coefficient (Wildman–Crippen LogP) is 2.86. The summed E-state index contributed by atoms with van der Waals surface area (Å²) in [5.74, 6) is 0. The Hall–Kier alpha value is -1.02. The van der Waals surface area contributed by atoms with Crippen molar-refractivity contribution >= 4 is 17.2 Å². The van der Waals surface area contributed by atoms with E-state index in [1.54, 1.807) is 0 Å². The van der Waals surface area contributed by atoms with Crippen molar-refractivity contribution in [2.24, 2.45) is 0 Å². The number of hydrogen-bond donors (Lipinski definition) is 0. The summed E-state index contributed by atoms with van der Waals surface area (Å²) in [6.07, 6.45) is 2.92. The van der Waals surface area contributed by atoms with Gasteiger partial charge >= 0.3 is 0 Å². The van der Waals surface area contributed by atoms with Crippen molar-refractivity contribution in [2.45, 2.75) is 20.3 Å². The third-order valence-corrected chi connectivity index (χ3v) is 2.50. The molecule has 0 aliphatic rings. The standard InChI is InChI=1S/C10H11ClN2/c1-3-9-7(2)13-5-4-8(11)6-10(13)12-9/h4-6H,3H2,1-2H3. The summed E-state index contributed by atoms with van der Waals surface area (Å²) in [5.41, 5.74) is 3.28. The number of imidazole rings is 1. The molecule has 0 bridgehead atoms. The second kappa shape index (κ2) is 3.04. The average Bonchev–Trinajstić information content (AvgIpc) is 2.42. The van der Waals surface area contributed by atoms with Gasteiger partial charge in [-0.25, -0.2) is 4.98 Å². The molecule has 0 spiro atoms. The summed E-state index contributed by atoms with van der Waals surface area (Å²) in [6.45, 7) is 4.18. The highest BCUT2D eigenvalue weighted by Gasteiger charge is 2.05. The molecule has 3 heteroatoms. The van der Waals surface area contributed by atoms with Gasteiger partial charge in [0.2, 0.25) is 0 Å². The fraction of sp³-hybridized carbons (Fsp3) is 0.300. The van der Waals surface area contributed by atoms with Gasteiger partial charge in [-0.15, -0.1) is 0 Å². The molecule has 2 heterocycles. The van der Waals surface area contributed by atoms with Crippen molar-refractivity contribution in [1.82, 2.24) is 9.38 Å². The molecule has 2 rings (SSSR count). The third kappa shape index (κ3) is 1.31. The molecule has 0 amide bonds. The van der Waals surface area contributed by atoms with Crippen LogP contribution in [0.15, 0.2) is 18.3 Å². The first-order valence-electron chi connectivity index (χ1n) is 4.35. The van der Waals surface area contributed by atoms with Gasteiger partial charge in [0.05, 0.1) is 5.69 Å². The SMILES string of the molecule is CCc1nc2cc(Cl)ccn2c1C. The van der Waals surface area contributed by atoms with Crippen LogP contribution in [0.4, 0.5) is 0 Å². The first kappa shape index (κ1) is 8.57. The molecule has 0 saturated heterocycles. The fourth-order valence-electron chi connectivity index (χ4n) is 1.53. The maximum absolute atomic E-state index is 5.87. The Kier molecular flexibility index (Phi) is 2.00. The molecule has 0 unspecified atom stereocenters. The highest BCUT2D eigenvalue weighted by molar-refractivity contribution is 6.30. The Labute approximate surface area is 82.2 Å². The largest absolute Gasteiger partial charge is 0.304 e. The number of halogens is 1. The Morgan fingerprint density at radius 1 is 1.54 bits per heavy atom. The zero-order valence-corrected chi connectivity index (χ0v) is 8.47. The summed E-state index contributed by atoms with van der Waals surface area (Å²) in [6, 6.07) is 3.76. The van der Waals surface area contributed by atoms with Crippen molar-refractivity contribution < 1.29 is 0 Å². The first-order chi connectivity index (χ1) is 6.22. The normalized spacial score (nSPS) is 11.0.